The molecule has 0 unspecified atom stereocenters. The Morgan fingerprint density at radius 2 is 1.81 bits per heavy atom. The third-order valence-corrected chi connectivity index (χ3v) is 5.58. The number of aromatic nitrogens is 4. The molecular weight excluding hydrogens is 616 g/mol. The van der Waals surface area contributed by atoms with E-state index in [9.17, 15) is 41.0 Å². The van der Waals surface area contributed by atoms with Crippen molar-refractivity contribution in [2.24, 2.45) is 0 Å². The van der Waals surface area contributed by atoms with Crippen molar-refractivity contribution in [2.45, 2.75) is 45.1 Å². The molecule has 2 amide bonds. The van der Waals surface area contributed by atoms with Gasteiger partial charge in [0.2, 0.25) is 0 Å². The van der Waals surface area contributed by atoms with Gasteiger partial charge in [-0.2, -0.15) is 17.9 Å². The van der Waals surface area contributed by atoms with Crippen molar-refractivity contribution in [3.63, 3.8) is 0 Å². The molecule has 3 aromatic rings. The van der Waals surface area contributed by atoms with Gasteiger partial charge in [-0.05, 0) is 43.3 Å². The number of esters is 1. The number of rotatable bonds is 9. The van der Waals surface area contributed by atoms with Crippen LogP contribution in [0.5, 0.6) is 5.75 Å². The number of alkyl halides is 6. The van der Waals surface area contributed by atoms with Crippen LogP contribution in [0.15, 0.2) is 42.6 Å². The van der Waals surface area contributed by atoms with Crippen LogP contribution in [0.2, 0.25) is 5.02 Å². The van der Waals surface area contributed by atoms with Gasteiger partial charge in [0.1, 0.15) is 5.84 Å². The minimum atomic E-state index is -5.13. The highest BCUT2D eigenvalue weighted by Gasteiger charge is 2.41. The van der Waals surface area contributed by atoms with Gasteiger partial charge in [0, 0.05) is 23.7 Å². The van der Waals surface area contributed by atoms with Crippen LogP contribution in [0.4, 0.5) is 31.1 Å². The van der Waals surface area contributed by atoms with Crippen molar-refractivity contribution in [3.05, 3.63) is 64.8 Å². The van der Waals surface area contributed by atoms with E-state index in [0.29, 0.717) is 4.90 Å². The molecule has 0 fully saturated rings. The van der Waals surface area contributed by atoms with Gasteiger partial charge in [-0.25, -0.2) is 14.8 Å². The Kier molecular flexibility index (Phi) is 10.2. The molecule has 0 aliphatic carbocycles. The number of hydrogen-bond acceptors (Lipinski definition) is 9. The molecule has 2 heterocycles. The minimum Gasteiger partial charge on any atom is -0.455 e. The van der Waals surface area contributed by atoms with Crippen LogP contribution in [0.1, 0.15) is 37.2 Å². The lowest BCUT2D eigenvalue weighted by Crippen LogP contribution is -2.50. The topological polar surface area (TPSA) is 156 Å². The van der Waals surface area contributed by atoms with Crippen LogP contribution in [-0.2, 0) is 16.1 Å². The van der Waals surface area contributed by atoms with E-state index in [4.69, 9.17) is 21.7 Å². The average Bonchev–Trinajstić information content (AvgIpc) is 3.33. The van der Waals surface area contributed by atoms with E-state index >= 15 is 0 Å². The summed E-state index contributed by atoms with van der Waals surface area (Å²) in [5.41, 5.74) is -0.0128. The quantitative estimate of drug-likeness (QED) is 0.136. The Labute approximate surface area is 243 Å². The van der Waals surface area contributed by atoms with Gasteiger partial charge in [0.25, 0.3) is 0 Å². The fraction of sp³-hybridized carbons (Fsp3) is 0.333. The van der Waals surface area contributed by atoms with Crippen LogP contribution in [0.25, 0.3) is 5.82 Å². The van der Waals surface area contributed by atoms with Crippen molar-refractivity contribution in [2.75, 3.05) is 6.54 Å². The van der Waals surface area contributed by atoms with Crippen LogP contribution in [0.3, 0.4) is 0 Å². The third-order valence-electron chi connectivity index (χ3n) is 5.32. The van der Waals surface area contributed by atoms with Gasteiger partial charge < -0.3 is 19.9 Å². The molecule has 12 nitrogen and oxygen atoms in total. The number of hydrogen-bond donors (Lipinski definition) is 3. The predicted molar refractivity (Wildman–Crippen MR) is 135 cm³/mol. The Morgan fingerprint density at radius 1 is 1.16 bits per heavy atom. The molecule has 0 spiro atoms. The molecule has 0 saturated carbocycles. The zero-order chi connectivity index (χ0) is 32.1. The van der Waals surface area contributed by atoms with Crippen LogP contribution in [0, 0.1) is 5.41 Å². The number of carbonyl (C=O) groups is 2. The highest BCUT2D eigenvalue weighted by atomic mass is 35.5. The molecule has 0 radical (unpaired) electrons. The van der Waals surface area contributed by atoms with E-state index in [1.54, 1.807) is 0 Å². The van der Waals surface area contributed by atoms with E-state index in [-0.39, 0.29) is 22.2 Å². The first-order chi connectivity index (χ1) is 20.0. The number of nitrogens with one attached hydrogen (secondary N) is 2. The number of halogens is 7. The summed E-state index contributed by atoms with van der Waals surface area (Å²) >= 11 is 5.81. The maximum atomic E-state index is 13.1. The second-order valence-electron chi connectivity index (χ2n) is 8.60. The molecule has 1 aromatic carbocycles. The van der Waals surface area contributed by atoms with Crippen molar-refractivity contribution in [3.8, 4) is 11.6 Å². The molecular formula is C24H22ClF6N7O5. The highest BCUT2D eigenvalue weighted by molar-refractivity contribution is 6.30. The lowest BCUT2D eigenvalue weighted by Gasteiger charge is -2.26. The van der Waals surface area contributed by atoms with Gasteiger partial charge in [-0.1, -0.05) is 11.6 Å². The predicted octanol–water partition coefficient (Wildman–Crippen LogP) is 4.30. The molecule has 2 aromatic heterocycles. The summed E-state index contributed by atoms with van der Waals surface area (Å²) in [5, 5.41) is 24.4. The lowest BCUT2D eigenvalue weighted by molar-refractivity contribution is -0.274. The van der Waals surface area contributed by atoms with E-state index in [2.05, 4.69) is 25.1 Å². The standard InChI is InChI=1S/C24H22ClF6N7O5/c1-12(42-13(2)39)20-35-18(36-38(20)21-16(4-3-9-33-21)43-24(29,30)31)10-34-22(41)37(11-17(40)23(26,27)28)19(32)14-5-7-15(25)8-6-14/h3-9,12,17,32,40H,10-11H2,1-2H3,(H,34,41)/t12-,17-/m0/s1. The van der Waals surface area contributed by atoms with Gasteiger partial charge >= 0.3 is 24.5 Å². The zero-order valence-electron chi connectivity index (χ0n) is 22.1. The second-order valence-corrected chi connectivity index (χ2v) is 9.04. The molecule has 3 N–H and O–H groups in total. The van der Waals surface area contributed by atoms with Gasteiger partial charge in [0.05, 0.1) is 13.1 Å². The minimum absolute atomic E-state index is 0.0128. The fourth-order valence-electron chi connectivity index (χ4n) is 3.48. The molecule has 2 atom stereocenters. The number of carbonyl (C=O) groups excluding carboxylic acids is 2. The smallest absolute Gasteiger partial charge is 0.455 e. The Morgan fingerprint density at radius 3 is 2.40 bits per heavy atom. The largest absolute Gasteiger partial charge is 0.573 e. The average molecular weight is 638 g/mol. The van der Waals surface area contributed by atoms with Crippen LogP contribution in [-0.4, -0.2) is 72.8 Å². The van der Waals surface area contributed by atoms with E-state index in [1.165, 1.54) is 31.2 Å². The summed E-state index contributed by atoms with van der Waals surface area (Å²) in [4.78, 5) is 32.8. The summed E-state index contributed by atoms with van der Waals surface area (Å²) in [6.45, 7) is 0.391. The number of amidine groups is 1. The van der Waals surface area contributed by atoms with Crippen LogP contribution >= 0.6 is 11.6 Å². The van der Waals surface area contributed by atoms with Crippen molar-refractivity contribution in [1.82, 2.24) is 30.0 Å². The normalized spacial score (nSPS) is 13.2. The third kappa shape index (κ3) is 9.02. The first kappa shape index (κ1) is 33.1. The van der Waals surface area contributed by atoms with Crippen molar-refractivity contribution < 1.29 is 50.5 Å². The number of benzene rings is 1. The number of pyridine rings is 1. The number of aliphatic hydroxyl groups excluding tert-OH is 1. The maximum Gasteiger partial charge on any atom is 0.573 e. The molecule has 43 heavy (non-hydrogen) atoms. The summed E-state index contributed by atoms with van der Waals surface area (Å²) in [5.74, 6) is -3.36. The van der Waals surface area contributed by atoms with Gasteiger partial charge in [-0.15, -0.1) is 18.3 Å². The van der Waals surface area contributed by atoms with E-state index in [0.717, 1.165) is 29.9 Å². The molecule has 0 aliphatic rings. The molecule has 19 heteroatoms. The number of ether oxygens (including phenoxy) is 2. The molecule has 0 bridgehead atoms. The van der Waals surface area contributed by atoms with Gasteiger partial charge in [-0.3, -0.25) is 15.1 Å². The summed E-state index contributed by atoms with van der Waals surface area (Å²) in [7, 11) is 0. The first-order valence-electron chi connectivity index (χ1n) is 11.9. The maximum absolute atomic E-state index is 13.1. The second kappa shape index (κ2) is 13.2. The Bertz CT molecular complexity index is 1470. The summed E-state index contributed by atoms with van der Waals surface area (Å²) in [6.07, 6.45) is -13.3. The first-order valence-corrected chi connectivity index (χ1v) is 12.3. The molecule has 0 saturated heterocycles. The van der Waals surface area contributed by atoms with E-state index in [1.807, 2.05) is 0 Å². The number of amides is 2. The Balaban J connectivity index is 1.94. The Hall–Kier alpha value is -4.45. The lowest BCUT2D eigenvalue weighted by atomic mass is 10.2. The highest BCUT2D eigenvalue weighted by Crippen LogP contribution is 2.29. The number of nitrogens with zero attached hydrogens (tertiary/aromatic N) is 5. The monoisotopic (exact) mass is 637 g/mol. The van der Waals surface area contributed by atoms with E-state index < -0.39 is 67.2 Å². The molecule has 3 rings (SSSR count). The van der Waals surface area contributed by atoms with Crippen molar-refractivity contribution in [1.29, 1.82) is 5.41 Å². The fourth-order valence-corrected chi connectivity index (χ4v) is 3.60. The van der Waals surface area contributed by atoms with Crippen LogP contribution < -0.4 is 10.1 Å². The summed E-state index contributed by atoms with van der Waals surface area (Å²) < 4.78 is 88.2. The molecule has 232 valence electrons. The zero-order valence-corrected chi connectivity index (χ0v) is 22.8. The molecule has 0 aliphatic heterocycles. The summed E-state index contributed by atoms with van der Waals surface area (Å²) in [6, 6.07) is 6.00. The number of aliphatic hydroxyl groups is 1. The van der Waals surface area contributed by atoms with Crippen molar-refractivity contribution >= 4 is 29.4 Å². The van der Waals surface area contributed by atoms with Gasteiger partial charge in [0.15, 0.2) is 35.4 Å². The number of urea groups is 1. The SMILES string of the molecule is CC(=O)O[C@@H](C)c1nc(CNC(=O)N(C[C@H](O)C(F)(F)F)C(=N)c2ccc(Cl)cc2)nn1-c1ncccc1OC(F)(F)F.